The van der Waals surface area contributed by atoms with Crippen molar-refractivity contribution in [3.8, 4) is 0 Å². The Morgan fingerprint density at radius 3 is 2.26 bits per heavy atom. The molecule has 0 aliphatic carbocycles. The molecule has 0 amide bonds. The van der Waals surface area contributed by atoms with Crippen LogP contribution in [0.2, 0.25) is 0 Å². The van der Waals surface area contributed by atoms with Crippen molar-refractivity contribution in [3.05, 3.63) is 41.7 Å². The van der Waals surface area contributed by atoms with Gasteiger partial charge in [0.05, 0.1) is 13.2 Å². The second kappa shape index (κ2) is 6.98. The molecule has 2 aliphatic rings. The molecule has 23 heavy (non-hydrogen) atoms. The van der Waals surface area contributed by atoms with Gasteiger partial charge in [-0.1, -0.05) is 30.3 Å². The Hall–Kier alpha value is -1.44. The number of rotatable bonds is 4. The van der Waals surface area contributed by atoms with Crippen molar-refractivity contribution in [2.24, 2.45) is 0 Å². The van der Waals surface area contributed by atoms with E-state index in [1.165, 1.54) is 0 Å². The summed E-state index contributed by atoms with van der Waals surface area (Å²) in [5, 5.41) is 0. The number of benzene rings is 1. The zero-order valence-electron chi connectivity index (χ0n) is 13.6. The average molecular weight is 322 g/mol. The number of hydrogen-bond donors (Lipinski definition) is 0. The minimum atomic E-state index is -1.30. The molecule has 0 N–H and O–H groups in total. The summed E-state index contributed by atoms with van der Waals surface area (Å²) in [5.74, 6) is -0.716. The minimum Gasteiger partial charge on any atom is -0.439 e. The SMILES string of the molecule is COC1/C(=C/c2ccccc2)OC2(OCCO2)C(OC)C1OC. The fraction of sp³-hybridized carbons (Fsp3) is 0.529. The van der Waals surface area contributed by atoms with Crippen molar-refractivity contribution < 1.29 is 28.4 Å². The highest BCUT2D eigenvalue weighted by Crippen LogP contribution is 2.40. The van der Waals surface area contributed by atoms with E-state index in [0.29, 0.717) is 19.0 Å². The van der Waals surface area contributed by atoms with Crippen LogP contribution in [0.3, 0.4) is 0 Å². The maximum absolute atomic E-state index is 6.06. The van der Waals surface area contributed by atoms with Crippen molar-refractivity contribution in [2.75, 3.05) is 34.5 Å². The van der Waals surface area contributed by atoms with Gasteiger partial charge in [-0.2, -0.15) is 0 Å². The molecule has 1 aromatic rings. The number of hydrogen-bond acceptors (Lipinski definition) is 6. The first-order valence-electron chi connectivity index (χ1n) is 7.56. The van der Waals surface area contributed by atoms with E-state index in [4.69, 9.17) is 28.4 Å². The summed E-state index contributed by atoms with van der Waals surface area (Å²) < 4.78 is 34.3. The monoisotopic (exact) mass is 322 g/mol. The van der Waals surface area contributed by atoms with Gasteiger partial charge in [-0.05, 0) is 11.6 Å². The van der Waals surface area contributed by atoms with Gasteiger partial charge in [0.15, 0.2) is 6.10 Å². The minimum absolute atomic E-state index is 0.424. The highest BCUT2D eigenvalue weighted by Gasteiger charge is 2.59. The normalized spacial score (nSPS) is 31.4. The number of methoxy groups -OCH3 is 3. The van der Waals surface area contributed by atoms with Gasteiger partial charge in [0.2, 0.25) is 0 Å². The second-order valence-electron chi connectivity index (χ2n) is 5.37. The molecular formula is C17H22O6. The van der Waals surface area contributed by atoms with Gasteiger partial charge in [-0.25, -0.2) is 0 Å². The van der Waals surface area contributed by atoms with E-state index in [1.807, 2.05) is 36.4 Å². The van der Waals surface area contributed by atoms with E-state index >= 15 is 0 Å². The number of ether oxygens (including phenoxy) is 6. The largest absolute Gasteiger partial charge is 0.439 e. The molecule has 0 aromatic heterocycles. The van der Waals surface area contributed by atoms with Gasteiger partial charge in [-0.15, -0.1) is 0 Å². The van der Waals surface area contributed by atoms with E-state index < -0.39 is 24.3 Å². The summed E-state index contributed by atoms with van der Waals surface area (Å²) in [5.41, 5.74) is 0.989. The Labute approximate surface area is 135 Å². The van der Waals surface area contributed by atoms with Crippen LogP contribution >= 0.6 is 0 Å². The van der Waals surface area contributed by atoms with E-state index in [0.717, 1.165) is 5.56 Å². The van der Waals surface area contributed by atoms with Crippen molar-refractivity contribution >= 4 is 6.08 Å². The average Bonchev–Trinajstić information content (AvgIpc) is 3.04. The van der Waals surface area contributed by atoms with Crippen LogP contribution in [0.5, 0.6) is 0 Å². The molecule has 0 bridgehead atoms. The van der Waals surface area contributed by atoms with Gasteiger partial charge in [0.25, 0.3) is 0 Å². The molecule has 3 unspecified atom stereocenters. The summed E-state index contributed by atoms with van der Waals surface area (Å²) in [6.07, 6.45) is 0.488. The molecular weight excluding hydrogens is 300 g/mol. The molecule has 0 radical (unpaired) electrons. The summed E-state index contributed by atoms with van der Waals surface area (Å²) >= 11 is 0. The highest BCUT2D eigenvalue weighted by atomic mass is 16.9. The standard InChI is InChI=1S/C17H22O6/c1-18-14-13(11-12-7-5-4-6-8-12)23-17(21-9-10-22-17)16(20-3)15(14)19-2/h4-8,11,14-16H,9-10H2,1-3H3/b13-11-. The van der Waals surface area contributed by atoms with Crippen LogP contribution in [0.1, 0.15) is 5.56 Å². The summed E-state index contributed by atoms with van der Waals surface area (Å²) in [6, 6.07) is 9.84. The molecule has 2 heterocycles. The van der Waals surface area contributed by atoms with Crippen LogP contribution in [0.25, 0.3) is 6.08 Å². The quantitative estimate of drug-likeness (QED) is 0.842. The van der Waals surface area contributed by atoms with Gasteiger partial charge < -0.3 is 28.4 Å². The molecule has 126 valence electrons. The van der Waals surface area contributed by atoms with E-state index in [-0.39, 0.29) is 0 Å². The molecule has 3 rings (SSSR count). The lowest BCUT2D eigenvalue weighted by atomic mass is 9.98. The smallest absolute Gasteiger partial charge is 0.357 e. The van der Waals surface area contributed by atoms with Crippen LogP contribution in [0.15, 0.2) is 36.1 Å². The van der Waals surface area contributed by atoms with Gasteiger partial charge >= 0.3 is 5.97 Å². The first-order chi connectivity index (χ1) is 11.2. The fourth-order valence-corrected chi connectivity index (χ4v) is 3.04. The van der Waals surface area contributed by atoms with Crippen molar-refractivity contribution in [1.82, 2.24) is 0 Å². The van der Waals surface area contributed by atoms with E-state index in [9.17, 15) is 0 Å². The lowest BCUT2D eigenvalue weighted by molar-refractivity contribution is -0.396. The van der Waals surface area contributed by atoms with Crippen molar-refractivity contribution in [1.29, 1.82) is 0 Å². The molecule has 3 atom stereocenters. The van der Waals surface area contributed by atoms with Gasteiger partial charge in [0, 0.05) is 21.3 Å². The van der Waals surface area contributed by atoms with Gasteiger partial charge in [-0.3, -0.25) is 0 Å². The Bertz CT molecular complexity index is 537. The van der Waals surface area contributed by atoms with Gasteiger partial charge in [0.1, 0.15) is 18.0 Å². The maximum atomic E-state index is 6.06. The second-order valence-corrected chi connectivity index (χ2v) is 5.37. The molecule has 1 aromatic carbocycles. The highest BCUT2D eigenvalue weighted by molar-refractivity contribution is 5.52. The third-order valence-electron chi connectivity index (χ3n) is 4.06. The molecule has 1 spiro atoms. The topological polar surface area (TPSA) is 55.4 Å². The molecule has 2 fully saturated rings. The predicted molar refractivity (Wildman–Crippen MR) is 82.5 cm³/mol. The Morgan fingerprint density at radius 1 is 1.00 bits per heavy atom. The Balaban J connectivity index is 1.99. The van der Waals surface area contributed by atoms with Crippen LogP contribution in [-0.4, -0.2) is 58.8 Å². The summed E-state index contributed by atoms with van der Waals surface area (Å²) in [4.78, 5) is 0. The first kappa shape index (κ1) is 16.4. The molecule has 6 nitrogen and oxygen atoms in total. The van der Waals surface area contributed by atoms with Crippen LogP contribution in [0.4, 0.5) is 0 Å². The molecule has 2 aliphatic heterocycles. The predicted octanol–water partition coefficient (Wildman–Crippen LogP) is 1.80. The first-order valence-corrected chi connectivity index (χ1v) is 7.56. The fourth-order valence-electron chi connectivity index (χ4n) is 3.04. The third-order valence-corrected chi connectivity index (χ3v) is 4.06. The maximum Gasteiger partial charge on any atom is 0.357 e. The van der Waals surface area contributed by atoms with Crippen molar-refractivity contribution in [3.63, 3.8) is 0 Å². The van der Waals surface area contributed by atoms with Crippen LogP contribution in [-0.2, 0) is 28.4 Å². The van der Waals surface area contributed by atoms with E-state index in [2.05, 4.69) is 0 Å². The lowest BCUT2D eigenvalue weighted by Gasteiger charge is -2.45. The lowest BCUT2D eigenvalue weighted by Crippen LogP contribution is -2.62. The molecule has 2 saturated heterocycles. The molecule has 6 heteroatoms. The van der Waals surface area contributed by atoms with E-state index in [1.54, 1.807) is 21.3 Å². The molecule has 0 saturated carbocycles. The van der Waals surface area contributed by atoms with Crippen LogP contribution in [0, 0.1) is 0 Å². The van der Waals surface area contributed by atoms with Crippen LogP contribution < -0.4 is 0 Å². The summed E-state index contributed by atoms with van der Waals surface area (Å²) in [6.45, 7) is 0.874. The summed E-state index contributed by atoms with van der Waals surface area (Å²) in [7, 11) is 4.79. The van der Waals surface area contributed by atoms with Crippen molar-refractivity contribution in [2.45, 2.75) is 24.3 Å². The third kappa shape index (κ3) is 3.00. The zero-order valence-corrected chi connectivity index (χ0v) is 13.6. The zero-order chi connectivity index (χ0) is 16.3. The Kier molecular flexibility index (Phi) is 4.99. The Morgan fingerprint density at radius 2 is 1.70 bits per heavy atom.